The standard InChI is InChI=1S/C15H13N2O2.Y/c1-11-10-12(19-9-8-16)6-7-13(11)14-4-3-5-15(18)17(14)2;/h3,5-7,10H,9H2,1-2H3;/q-1;. The number of rotatable bonds is 3. The van der Waals surface area contributed by atoms with Gasteiger partial charge in [-0.05, 0) is 12.1 Å². The first-order chi connectivity index (χ1) is 9.13. The van der Waals surface area contributed by atoms with Crippen LogP contribution in [0.1, 0.15) is 5.56 Å². The Balaban J connectivity index is 0.00000200. The Bertz CT molecular complexity index is 702. The van der Waals surface area contributed by atoms with Crippen molar-refractivity contribution in [2.75, 3.05) is 6.61 Å². The first-order valence-corrected chi connectivity index (χ1v) is 5.82. The first kappa shape index (κ1) is 16.6. The van der Waals surface area contributed by atoms with Crippen LogP contribution in [0.3, 0.4) is 0 Å². The van der Waals surface area contributed by atoms with Crippen LogP contribution in [0.2, 0.25) is 0 Å². The molecule has 2 aromatic rings. The van der Waals surface area contributed by atoms with E-state index >= 15 is 0 Å². The summed E-state index contributed by atoms with van der Waals surface area (Å²) in [6, 6.07) is 13.6. The molecule has 20 heavy (non-hydrogen) atoms. The number of aryl methyl sites for hydroxylation is 1. The predicted octanol–water partition coefficient (Wildman–Crippen LogP) is 2.06. The molecule has 0 spiro atoms. The minimum absolute atomic E-state index is 0. The minimum atomic E-state index is -0.0713. The van der Waals surface area contributed by atoms with Crippen molar-refractivity contribution in [2.45, 2.75) is 6.92 Å². The van der Waals surface area contributed by atoms with Crippen LogP contribution in [-0.4, -0.2) is 11.2 Å². The van der Waals surface area contributed by atoms with E-state index in [1.54, 1.807) is 23.7 Å². The molecule has 5 heteroatoms. The molecule has 0 amide bonds. The largest absolute Gasteiger partial charge is 0.479 e. The van der Waals surface area contributed by atoms with Gasteiger partial charge < -0.3 is 9.30 Å². The van der Waals surface area contributed by atoms with Gasteiger partial charge in [-0.2, -0.15) is 17.4 Å². The molecule has 0 N–H and O–H groups in total. The average molecular weight is 342 g/mol. The van der Waals surface area contributed by atoms with Crippen LogP contribution in [0.5, 0.6) is 5.75 Å². The summed E-state index contributed by atoms with van der Waals surface area (Å²) in [7, 11) is 1.72. The Hall–Kier alpha value is -1.44. The Labute approximate surface area is 142 Å². The molecule has 1 radical (unpaired) electrons. The van der Waals surface area contributed by atoms with Gasteiger partial charge in [0.1, 0.15) is 11.8 Å². The average Bonchev–Trinajstić information content (AvgIpc) is 2.40. The Morgan fingerprint density at radius 1 is 1.40 bits per heavy atom. The van der Waals surface area contributed by atoms with E-state index in [-0.39, 0.29) is 44.9 Å². The van der Waals surface area contributed by atoms with Crippen LogP contribution in [0.25, 0.3) is 11.3 Å². The van der Waals surface area contributed by atoms with Crippen molar-refractivity contribution in [3.8, 4) is 23.1 Å². The van der Waals surface area contributed by atoms with Crippen molar-refractivity contribution >= 4 is 0 Å². The normalized spacial score (nSPS) is 9.45. The molecule has 4 nitrogen and oxygen atoms in total. The van der Waals surface area contributed by atoms with Crippen LogP contribution in [0.4, 0.5) is 0 Å². The van der Waals surface area contributed by atoms with Gasteiger partial charge in [0.25, 0.3) is 0 Å². The van der Waals surface area contributed by atoms with Gasteiger partial charge in [-0.25, -0.2) is 0 Å². The third-order valence-electron chi connectivity index (χ3n) is 2.87. The summed E-state index contributed by atoms with van der Waals surface area (Å²) in [5, 5.41) is 8.48. The fourth-order valence-corrected chi connectivity index (χ4v) is 1.88. The van der Waals surface area contributed by atoms with Crippen molar-refractivity contribution in [3.05, 3.63) is 52.3 Å². The van der Waals surface area contributed by atoms with Gasteiger partial charge >= 0.3 is 0 Å². The maximum Gasteiger partial charge on any atom is 0.194 e. The van der Waals surface area contributed by atoms with Crippen LogP contribution in [0.15, 0.2) is 35.1 Å². The number of aromatic nitrogens is 1. The molecule has 0 unspecified atom stereocenters. The third kappa shape index (κ3) is 3.56. The summed E-state index contributed by atoms with van der Waals surface area (Å²) in [6.07, 6.45) is 0. The van der Waals surface area contributed by atoms with Gasteiger partial charge in [0.05, 0.1) is 0 Å². The number of hydrogen-bond donors (Lipinski definition) is 0. The maximum atomic E-state index is 11.6. The second kappa shape index (κ2) is 7.37. The van der Waals surface area contributed by atoms with Crippen LogP contribution >= 0.6 is 0 Å². The van der Waals surface area contributed by atoms with E-state index < -0.39 is 0 Å². The molecule has 0 bridgehead atoms. The van der Waals surface area contributed by atoms with E-state index in [9.17, 15) is 4.79 Å². The van der Waals surface area contributed by atoms with Crippen molar-refractivity contribution in [2.24, 2.45) is 7.05 Å². The van der Waals surface area contributed by atoms with Crippen molar-refractivity contribution < 1.29 is 37.4 Å². The number of benzene rings is 1. The molecule has 1 heterocycles. The monoisotopic (exact) mass is 342 g/mol. The number of pyridine rings is 1. The maximum absolute atomic E-state index is 11.6. The molecule has 0 fully saturated rings. The van der Waals surface area contributed by atoms with Crippen molar-refractivity contribution in [1.82, 2.24) is 4.57 Å². The SMILES string of the molecule is Cc1cc(OCC#N)ccc1-c1[c-]ccc(=O)n1C.[Y]. The molecule has 99 valence electrons. The summed E-state index contributed by atoms with van der Waals surface area (Å²) in [4.78, 5) is 11.6. The van der Waals surface area contributed by atoms with Gasteiger partial charge in [-0.3, -0.25) is 4.79 Å². The van der Waals surface area contributed by atoms with Crippen molar-refractivity contribution in [1.29, 1.82) is 5.26 Å². The zero-order valence-corrected chi connectivity index (χ0v) is 14.2. The molecule has 0 aliphatic heterocycles. The minimum Gasteiger partial charge on any atom is -0.479 e. The molecular weight excluding hydrogens is 329 g/mol. The molecular formula is C15H13N2O2Y-. The fraction of sp³-hybridized carbons (Fsp3) is 0.200. The molecule has 0 saturated heterocycles. The molecule has 1 aromatic carbocycles. The van der Waals surface area contributed by atoms with Crippen LogP contribution < -0.4 is 10.3 Å². The van der Waals surface area contributed by atoms with Gasteiger partial charge in [-0.1, -0.05) is 29.8 Å². The Morgan fingerprint density at radius 2 is 2.15 bits per heavy atom. The first-order valence-electron chi connectivity index (χ1n) is 5.82. The third-order valence-corrected chi connectivity index (χ3v) is 2.87. The van der Waals surface area contributed by atoms with Crippen molar-refractivity contribution in [3.63, 3.8) is 0 Å². The number of nitriles is 1. The van der Waals surface area contributed by atoms with E-state index in [0.717, 1.165) is 16.8 Å². The summed E-state index contributed by atoms with van der Waals surface area (Å²) in [6.45, 7) is 1.95. The molecule has 0 aliphatic rings. The van der Waals surface area contributed by atoms with Crippen LogP contribution in [-0.2, 0) is 39.8 Å². The molecule has 0 saturated carbocycles. The summed E-state index contributed by atoms with van der Waals surface area (Å²) in [5.41, 5.74) is 2.55. The van der Waals surface area contributed by atoms with E-state index in [0.29, 0.717) is 5.75 Å². The van der Waals surface area contributed by atoms with Gasteiger partial charge in [-0.15, -0.1) is 6.07 Å². The van der Waals surface area contributed by atoms with Crippen LogP contribution in [0, 0.1) is 24.3 Å². The van der Waals surface area contributed by atoms with E-state index in [2.05, 4.69) is 6.07 Å². The smallest absolute Gasteiger partial charge is 0.194 e. The van der Waals surface area contributed by atoms with E-state index in [1.807, 2.05) is 25.1 Å². The number of nitrogens with zero attached hydrogens (tertiary/aromatic N) is 2. The fourth-order valence-electron chi connectivity index (χ4n) is 1.88. The predicted molar refractivity (Wildman–Crippen MR) is 71.8 cm³/mol. The second-order valence-corrected chi connectivity index (χ2v) is 4.15. The number of hydrogen-bond acceptors (Lipinski definition) is 3. The van der Waals surface area contributed by atoms with Gasteiger partial charge in [0.2, 0.25) is 0 Å². The topological polar surface area (TPSA) is 55.0 Å². The summed E-state index contributed by atoms with van der Waals surface area (Å²) >= 11 is 0. The van der Waals surface area contributed by atoms with Gasteiger partial charge in [0, 0.05) is 39.8 Å². The second-order valence-electron chi connectivity index (χ2n) is 4.15. The summed E-state index contributed by atoms with van der Waals surface area (Å²) < 4.78 is 6.79. The Kier molecular flexibility index (Phi) is 6.13. The zero-order chi connectivity index (χ0) is 13.8. The zero-order valence-electron chi connectivity index (χ0n) is 11.4. The molecule has 2 rings (SSSR count). The number of ether oxygens (including phenoxy) is 1. The van der Waals surface area contributed by atoms with Gasteiger partial charge in [0.15, 0.2) is 12.2 Å². The molecule has 1 aromatic heterocycles. The molecule has 0 atom stereocenters. The van der Waals surface area contributed by atoms with E-state index in [1.165, 1.54) is 6.07 Å². The quantitative estimate of drug-likeness (QED) is 0.803. The molecule has 0 aliphatic carbocycles. The van der Waals surface area contributed by atoms with E-state index in [4.69, 9.17) is 10.00 Å². The Morgan fingerprint density at radius 3 is 2.80 bits per heavy atom. The summed E-state index contributed by atoms with van der Waals surface area (Å²) in [5.74, 6) is 0.642.